The summed E-state index contributed by atoms with van der Waals surface area (Å²) in [6.45, 7) is 13.6. The monoisotopic (exact) mass is 428 g/mol. The molecule has 0 aliphatic heterocycles. The summed E-state index contributed by atoms with van der Waals surface area (Å²) in [6.07, 6.45) is 1.26. The number of carbonyl (C=O) groups is 2. The third-order valence-corrected chi connectivity index (χ3v) is 6.31. The van der Waals surface area contributed by atoms with Crippen molar-refractivity contribution in [2.75, 3.05) is 6.54 Å². The Kier molecular flexibility index (Phi) is 8.65. The maximum Gasteiger partial charge on any atom is 0.242 e. The molecule has 30 heavy (non-hydrogen) atoms. The number of carbonyl (C=O) groups excluding carboxylic acids is 2. The summed E-state index contributed by atoms with van der Waals surface area (Å²) in [4.78, 5) is 31.3. The van der Waals surface area contributed by atoms with Gasteiger partial charge in [-0.05, 0) is 48.3 Å². The highest BCUT2D eigenvalue weighted by Gasteiger charge is 2.28. The zero-order valence-electron chi connectivity index (χ0n) is 19.3. The van der Waals surface area contributed by atoms with Gasteiger partial charge in [-0.2, -0.15) is 0 Å². The molecule has 1 aromatic carbocycles. The lowest BCUT2D eigenvalue weighted by atomic mass is 9.91. The number of rotatable bonds is 9. The molecule has 1 aromatic heterocycles. The largest absolute Gasteiger partial charge is 0.332 e. The lowest BCUT2D eigenvalue weighted by Crippen LogP contribution is -2.47. The molecule has 0 saturated heterocycles. The van der Waals surface area contributed by atoms with Crippen LogP contribution in [0.1, 0.15) is 63.5 Å². The SMILES string of the molecule is CC[C@@H](C)N(CC(=O)N(Cc1ccccc1)Cc1sccc1C)C(=O)CC(C)(C)C. The Morgan fingerprint density at radius 2 is 1.70 bits per heavy atom. The van der Waals surface area contributed by atoms with Crippen LogP contribution in [0.2, 0.25) is 0 Å². The van der Waals surface area contributed by atoms with Gasteiger partial charge in [-0.15, -0.1) is 11.3 Å². The van der Waals surface area contributed by atoms with Gasteiger partial charge in [0.2, 0.25) is 11.8 Å². The lowest BCUT2D eigenvalue weighted by Gasteiger charge is -2.33. The predicted octanol–water partition coefficient (Wildman–Crippen LogP) is 5.65. The summed E-state index contributed by atoms with van der Waals surface area (Å²) in [6, 6.07) is 12.2. The van der Waals surface area contributed by atoms with E-state index in [4.69, 9.17) is 0 Å². The van der Waals surface area contributed by atoms with Gasteiger partial charge in [0.1, 0.15) is 6.54 Å². The topological polar surface area (TPSA) is 40.6 Å². The average molecular weight is 429 g/mol. The Morgan fingerprint density at radius 3 is 2.23 bits per heavy atom. The molecular formula is C25H36N2O2S. The van der Waals surface area contributed by atoms with Gasteiger partial charge < -0.3 is 9.80 Å². The molecule has 0 saturated carbocycles. The fourth-order valence-electron chi connectivity index (χ4n) is 3.29. The van der Waals surface area contributed by atoms with Gasteiger partial charge in [0.15, 0.2) is 0 Å². The van der Waals surface area contributed by atoms with Gasteiger partial charge in [-0.3, -0.25) is 9.59 Å². The third-order valence-electron chi connectivity index (χ3n) is 5.30. The van der Waals surface area contributed by atoms with Crippen molar-refractivity contribution in [2.24, 2.45) is 5.41 Å². The number of hydrogen-bond acceptors (Lipinski definition) is 3. The molecule has 5 heteroatoms. The van der Waals surface area contributed by atoms with Crippen LogP contribution in [-0.4, -0.2) is 34.2 Å². The molecule has 2 amide bonds. The van der Waals surface area contributed by atoms with Gasteiger partial charge in [0.05, 0.1) is 6.54 Å². The normalized spacial score (nSPS) is 12.5. The highest BCUT2D eigenvalue weighted by Crippen LogP contribution is 2.23. The second-order valence-corrected chi connectivity index (χ2v) is 10.3. The highest BCUT2D eigenvalue weighted by atomic mass is 32.1. The second kappa shape index (κ2) is 10.8. The summed E-state index contributed by atoms with van der Waals surface area (Å²) in [5.41, 5.74) is 2.19. The Hall–Kier alpha value is -2.14. The molecule has 0 fully saturated rings. The van der Waals surface area contributed by atoms with Crippen LogP contribution in [0, 0.1) is 12.3 Å². The molecule has 0 aliphatic carbocycles. The van der Waals surface area contributed by atoms with E-state index in [1.165, 1.54) is 10.4 Å². The predicted molar refractivity (Wildman–Crippen MR) is 125 cm³/mol. The minimum Gasteiger partial charge on any atom is -0.332 e. The van der Waals surface area contributed by atoms with Crippen molar-refractivity contribution in [3.8, 4) is 0 Å². The molecule has 0 unspecified atom stereocenters. The van der Waals surface area contributed by atoms with Crippen LogP contribution in [0.4, 0.5) is 0 Å². The highest BCUT2D eigenvalue weighted by molar-refractivity contribution is 7.10. The van der Waals surface area contributed by atoms with E-state index in [1.807, 2.05) is 42.2 Å². The first-order chi connectivity index (χ1) is 14.1. The Bertz CT molecular complexity index is 823. The van der Waals surface area contributed by atoms with Crippen molar-refractivity contribution < 1.29 is 9.59 Å². The summed E-state index contributed by atoms with van der Waals surface area (Å²) in [5, 5.41) is 2.06. The van der Waals surface area contributed by atoms with E-state index in [0.29, 0.717) is 19.5 Å². The van der Waals surface area contributed by atoms with Crippen molar-refractivity contribution in [3.63, 3.8) is 0 Å². The molecular weight excluding hydrogens is 392 g/mol. The number of hydrogen-bond donors (Lipinski definition) is 0. The molecule has 1 atom stereocenters. The minimum atomic E-state index is -0.107. The first-order valence-electron chi connectivity index (χ1n) is 10.7. The van der Waals surface area contributed by atoms with Crippen LogP contribution in [0.3, 0.4) is 0 Å². The lowest BCUT2D eigenvalue weighted by molar-refractivity contribution is -0.144. The van der Waals surface area contributed by atoms with Gasteiger partial charge in [0, 0.05) is 23.9 Å². The molecule has 2 rings (SSSR count). The fraction of sp³-hybridized carbons (Fsp3) is 0.520. The van der Waals surface area contributed by atoms with Crippen molar-refractivity contribution in [2.45, 2.75) is 73.5 Å². The van der Waals surface area contributed by atoms with Crippen molar-refractivity contribution in [1.29, 1.82) is 0 Å². The van der Waals surface area contributed by atoms with Crippen LogP contribution in [-0.2, 0) is 22.7 Å². The quantitative estimate of drug-likeness (QED) is 0.518. The van der Waals surface area contributed by atoms with E-state index in [0.717, 1.165) is 12.0 Å². The fourth-order valence-corrected chi connectivity index (χ4v) is 4.21. The second-order valence-electron chi connectivity index (χ2n) is 9.28. The molecule has 0 aliphatic rings. The summed E-state index contributed by atoms with van der Waals surface area (Å²) < 4.78 is 0. The number of benzene rings is 1. The van der Waals surface area contributed by atoms with E-state index in [-0.39, 0.29) is 29.8 Å². The molecule has 0 N–H and O–H groups in total. The van der Waals surface area contributed by atoms with E-state index in [1.54, 1.807) is 16.2 Å². The van der Waals surface area contributed by atoms with Gasteiger partial charge in [0.25, 0.3) is 0 Å². The first-order valence-corrected chi connectivity index (χ1v) is 11.6. The Morgan fingerprint density at radius 1 is 1.03 bits per heavy atom. The van der Waals surface area contributed by atoms with Crippen LogP contribution >= 0.6 is 11.3 Å². The maximum atomic E-state index is 13.4. The first kappa shape index (κ1) is 24.1. The standard InChI is InChI=1S/C25H36N2O2S/c1-7-20(3)27(23(28)15-25(4,5)6)18-24(29)26(16-21-11-9-8-10-12-21)17-22-19(2)13-14-30-22/h8-14,20H,7,15-18H2,1-6H3/t20-/m1/s1. The molecule has 164 valence electrons. The van der Waals surface area contributed by atoms with Crippen LogP contribution in [0.15, 0.2) is 41.8 Å². The van der Waals surface area contributed by atoms with Gasteiger partial charge in [-0.1, -0.05) is 58.0 Å². The molecule has 0 radical (unpaired) electrons. The van der Waals surface area contributed by atoms with E-state index >= 15 is 0 Å². The van der Waals surface area contributed by atoms with Crippen LogP contribution in [0.5, 0.6) is 0 Å². The zero-order chi connectivity index (χ0) is 22.3. The third kappa shape index (κ3) is 7.28. The Balaban J connectivity index is 2.23. The average Bonchev–Trinajstić information content (AvgIpc) is 3.08. The smallest absolute Gasteiger partial charge is 0.242 e. The number of nitrogens with zero attached hydrogens (tertiary/aromatic N) is 2. The molecule has 1 heterocycles. The van der Waals surface area contributed by atoms with Crippen LogP contribution in [0.25, 0.3) is 0 Å². The summed E-state index contributed by atoms with van der Waals surface area (Å²) in [5.74, 6) is 0.0476. The van der Waals surface area contributed by atoms with Crippen molar-refractivity contribution in [1.82, 2.24) is 9.80 Å². The minimum absolute atomic E-state index is 0.00536. The molecule has 0 spiro atoms. The van der Waals surface area contributed by atoms with E-state index < -0.39 is 0 Å². The van der Waals surface area contributed by atoms with Gasteiger partial charge >= 0.3 is 0 Å². The van der Waals surface area contributed by atoms with E-state index in [2.05, 4.69) is 46.1 Å². The van der Waals surface area contributed by atoms with E-state index in [9.17, 15) is 9.59 Å². The van der Waals surface area contributed by atoms with Crippen molar-refractivity contribution >= 4 is 23.2 Å². The zero-order valence-corrected chi connectivity index (χ0v) is 20.1. The van der Waals surface area contributed by atoms with Gasteiger partial charge in [-0.25, -0.2) is 0 Å². The molecule has 4 nitrogen and oxygen atoms in total. The summed E-state index contributed by atoms with van der Waals surface area (Å²) >= 11 is 1.68. The van der Waals surface area contributed by atoms with Crippen LogP contribution < -0.4 is 0 Å². The summed E-state index contributed by atoms with van der Waals surface area (Å²) in [7, 11) is 0. The maximum absolute atomic E-state index is 13.4. The number of thiophene rings is 1. The number of amides is 2. The Labute approximate surface area is 185 Å². The van der Waals surface area contributed by atoms with Crippen molar-refractivity contribution in [3.05, 3.63) is 57.8 Å². The number of aryl methyl sites for hydroxylation is 1. The molecule has 2 aromatic rings. The molecule has 0 bridgehead atoms.